The van der Waals surface area contributed by atoms with E-state index in [9.17, 15) is 0 Å². The van der Waals surface area contributed by atoms with Crippen molar-refractivity contribution in [3.8, 4) is 0 Å². The molecule has 3 aromatic rings. The van der Waals surface area contributed by atoms with Crippen LogP contribution in [0.25, 0.3) is 44.4 Å². The van der Waals surface area contributed by atoms with Crippen molar-refractivity contribution in [1.29, 1.82) is 0 Å². The van der Waals surface area contributed by atoms with E-state index in [0.29, 0.717) is 0 Å². The van der Waals surface area contributed by atoms with Crippen LogP contribution in [-0.4, -0.2) is 19.9 Å². The van der Waals surface area contributed by atoms with Gasteiger partial charge in [-0.3, -0.25) is 0 Å². The first-order valence-corrected chi connectivity index (χ1v) is 13.4. The molecular formula is C32H38N4. The fourth-order valence-electron chi connectivity index (χ4n) is 5.81. The van der Waals surface area contributed by atoms with Crippen LogP contribution in [-0.2, 0) is 12.8 Å². The van der Waals surface area contributed by atoms with Crippen LogP contribution in [0.5, 0.6) is 0 Å². The van der Waals surface area contributed by atoms with Gasteiger partial charge in [-0.15, -0.1) is 0 Å². The van der Waals surface area contributed by atoms with Crippen LogP contribution in [0.3, 0.4) is 0 Å². The van der Waals surface area contributed by atoms with E-state index in [4.69, 9.17) is 9.97 Å². The summed E-state index contributed by atoms with van der Waals surface area (Å²) in [6, 6.07) is 8.98. The SMILES string of the molecule is CCC1=C(CC)c2cc3[nH]c(cc4[nH]c(cc5nc(cc1n2)C(C)=C5C)c(CC)c4CC)c(C)c3C. The third-order valence-corrected chi connectivity index (χ3v) is 8.26. The molecule has 2 aliphatic rings. The fourth-order valence-corrected chi connectivity index (χ4v) is 5.81. The molecule has 2 aliphatic heterocycles. The van der Waals surface area contributed by atoms with Crippen molar-refractivity contribution in [2.24, 2.45) is 0 Å². The summed E-state index contributed by atoms with van der Waals surface area (Å²) in [6.45, 7) is 17.7. The van der Waals surface area contributed by atoms with Gasteiger partial charge in [-0.25, -0.2) is 9.97 Å². The summed E-state index contributed by atoms with van der Waals surface area (Å²) < 4.78 is 0. The standard InChI is InChI=1S/C32H38N4/c1-9-21-22(10-2)30-14-26-19(7)20(8)28(34-26)16-32-24(12-4)23(11-3)31(36-32)15-27-18(6)17(5)25(33-27)13-29(21)35-30/h13-16,33,35H,9-12H2,1-8H3. The summed E-state index contributed by atoms with van der Waals surface area (Å²) in [4.78, 5) is 17.7. The molecule has 0 aliphatic carbocycles. The minimum Gasteiger partial charge on any atom is -0.355 e. The van der Waals surface area contributed by atoms with E-state index < -0.39 is 0 Å². The molecule has 0 atom stereocenters. The molecule has 0 spiro atoms. The number of aromatic nitrogens is 4. The molecule has 2 N–H and O–H groups in total. The van der Waals surface area contributed by atoms with E-state index >= 15 is 0 Å². The van der Waals surface area contributed by atoms with Crippen molar-refractivity contribution in [3.63, 3.8) is 0 Å². The summed E-state index contributed by atoms with van der Waals surface area (Å²) in [5.74, 6) is 0. The number of nitrogens with zero attached hydrogens (tertiary/aromatic N) is 2. The van der Waals surface area contributed by atoms with Gasteiger partial charge in [-0.2, -0.15) is 0 Å². The maximum absolute atomic E-state index is 5.16. The molecule has 0 amide bonds. The molecule has 5 heterocycles. The Kier molecular flexibility index (Phi) is 6.23. The van der Waals surface area contributed by atoms with E-state index in [1.165, 1.54) is 55.6 Å². The second-order valence-electron chi connectivity index (χ2n) is 10.1. The highest BCUT2D eigenvalue weighted by atomic mass is 14.8. The zero-order valence-corrected chi connectivity index (χ0v) is 23.0. The third-order valence-electron chi connectivity index (χ3n) is 8.26. The van der Waals surface area contributed by atoms with Gasteiger partial charge in [0.25, 0.3) is 0 Å². The van der Waals surface area contributed by atoms with Gasteiger partial charge >= 0.3 is 0 Å². The molecule has 0 unspecified atom stereocenters. The second kappa shape index (κ2) is 9.24. The van der Waals surface area contributed by atoms with Gasteiger partial charge in [0.15, 0.2) is 0 Å². The van der Waals surface area contributed by atoms with Gasteiger partial charge in [0.05, 0.1) is 22.8 Å². The lowest BCUT2D eigenvalue weighted by Gasteiger charge is -2.03. The van der Waals surface area contributed by atoms with Gasteiger partial charge in [0.1, 0.15) is 0 Å². The lowest BCUT2D eigenvalue weighted by Crippen LogP contribution is -1.86. The highest BCUT2D eigenvalue weighted by molar-refractivity contribution is 5.95. The van der Waals surface area contributed by atoms with Crippen LogP contribution in [0.2, 0.25) is 0 Å². The maximum atomic E-state index is 5.16. The first-order valence-electron chi connectivity index (χ1n) is 13.4. The molecule has 4 heteroatoms. The Hall–Kier alpha value is -3.40. The number of aromatic amines is 2. The van der Waals surface area contributed by atoms with Gasteiger partial charge in [-0.1, -0.05) is 27.7 Å². The van der Waals surface area contributed by atoms with Gasteiger partial charge in [-0.05, 0) is 122 Å². The van der Waals surface area contributed by atoms with E-state index in [1.807, 2.05) is 0 Å². The number of nitrogens with one attached hydrogen (secondary N) is 2. The minimum absolute atomic E-state index is 0.958. The minimum atomic E-state index is 0.958. The molecular weight excluding hydrogens is 440 g/mol. The van der Waals surface area contributed by atoms with E-state index in [1.54, 1.807) is 0 Å². The predicted molar refractivity (Wildman–Crippen MR) is 155 cm³/mol. The van der Waals surface area contributed by atoms with Crippen LogP contribution >= 0.6 is 0 Å². The second-order valence-corrected chi connectivity index (χ2v) is 10.1. The molecule has 0 saturated carbocycles. The van der Waals surface area contributed by atoms with Gasteiger partial charge in [0.2, 0.25) is 0 Å². The predicted octanol–water partition coefficient (Wildman–Crippen LogP) is 8.74. The maximum Gasteiger partial charge on any atom is 0.0694 e. The van der Waals surface area contributed by atoms with Crippen molar-refractivity contribution >= 4 is 44.4 Å². The molecule has 0 aromatic carbocycles. The molecule has 0 saturated heterocycles. The average Bonchev–Trinajstić information content (AvgIpc) is 3.54. The average molecular weight is 479 g/mol. The monoisotopic (exact) mass is 478 g/mol. The molecule has 4 nitrogen and oxygen atoms in total. The largest absolute Gasteiger partial charge is 0.355 e. The Morgan fingerprint density at radius 1 is 0.500 bits per heavy atom. The lowest BCUT2D eigenvalue weighted by atomic mass is 9.99. The first-order chi connectivity index (χ1) is 17.3. The fraction of sp³-hybridized carbons (Fsp3) is 0.375. The highest BCUT2D eigenvalue weighted by Crippen LogP contribution is 2.37. The van der Waals surface area contributed by atoms with Crippen molar-refractivity contribution in [2.75, 3.05) is 0 Å². The number of hydrogen-bond donors (Lipinski definition) is 2. The Morgan fingerprint density at radius 3 is 1.47 bits per heavy atom. The van der Waals surface area contributed by atoms with Crippen LogP contribution in [0.1, 0.15) is 99.4 Å². The van der Waals surface area contributed by atoms with Crippen molar-refractivity contribution in [1.82, 2.24) is 19.9 Å². The summed E-state index contributed by atoms with van der Waals surface area (Å²) in [5.41, 5.74) is 19.3. The van der Waals surface area contributed by atoms with Crippen LogP contribution in [0, 0.1) is 13.8 Å². The van der Waals surface area contributed by atoms with Crippen molar-refractivity contribution in [3.05, 3.63) is 69.3 Å². The number of rotatable bonds is 4. The number of H-pyrrole nitrogens is 2. The normalized spacial score (nSPS) is 13.8. The number of hydrogen-bond acceptors (Lipinski definition) is 2. The zero-order valence-electron chi connectivity index (χ0n) is 23.0. The smallest absolute Gasteiger partial charge is 0.0694 e. The van der Waals surface area contributed by atoms with E-state index in [0.717, 1.165) is 59.5 Å². The summed E-state index contributed by atoms with van der Waals surface area (Å²) in [6.07, 6.45) is 3.89. The molecule has 0 fully saturated rings. The third kappa shape index (κ3) is 3.75. The number of fused-ring (bicyclic) bond motifs is 8. The van der Waals surface area contributed by atoms with Crippen LogP contribution in [0.15, 0.2) is 24.3 Å². The number of aryl methyl sites for hydroxylation is 4. The Labute approximate surface area is 214 Å². The van der Waals surface area contributed by atoms with Crippen LogP contribution < -0.4 is 0 Å². The molecule has 36 heavy (non-hydrogen) atoms. The van der Waals surface area contributed by atoms with Gasteiger partial charge in [0, 0.05) is 22.1 Å². The Balaban J connectivity index is 2.00. The van der Waals surface area contributed by atoms with Gasteiger partial charge < -0.3 is 9.97 Å². The van der Waals surface area contributed by atoms with Crippen LogP contribution in [0.4, 0.5) is 0 Å². The molecule has 186 valence electrons. The van der Waals surface area contributed by atoms with Crippen molar-refractivity contribution in [2.45, 2.75) is 81.1 Å². The highest BCUT2D eigenvalue weighted by Gasteiger charge is 2.20. The molecule has 8 bridgehead atoms. The molecule has 3 aromatic heterocycles. The van der Waals surface area contributed by atoms with E-state index in [2.05, 4.69) is 89.6 Å². The first kappa shape index (κ1) is 24.3. The lowest BCUT2D eigenvalue weighted by molar-refractivity contribution is 1.07. The molecule has 0 radical (unpaired) electrons. The summed E-state index contributed by atoms with van der Waals surface area (Å²) >= 11 is 0. The topological polar surface area (TPSA) is 57.4 Å². The van der Waals surface area contributed by atoms with E-state index in [-0.39, 0.29) is 0 Å². The summed E-state index contributed by atoms with van der Waals surface area (Å²) in [7, 11) is 0. The number of allylic oxidation sites excluding steroid dienone is 4. The zero-order chi connectivity index (χ0) is 25.7. The van der Waals surface area contributed by atoms with Crippen molar-refractivity contribution < 1.29 is 0 Å². The summed E-state index contributed by atoms with van der Waals surface area (Å²) in [5, 5.41) is 0. The molecule has 5 rings (SSSR count). The quantitative estimate of drug-likeness (QED) is 0.394. The Morgan fingerprint density at radius 2 is 0.917 bits per heavy atom. The Bertz CT molecular complexity index is 1600.